The molecule has 2 aromatic carbocycles. The Hall–Kier alpha value is -3.15. The van der Waals surface area contributed by atoms with Gasteiger partial charge in [-0.25, -0.2) is 0 Å². The van der Waals surface area contributed by atoms with Crippen LogP contribution in [0.5, 0.6) is 23.0 Å². The molecule has 0 saturated carbocycles. The predicted molar refractivity (Wildman–Crippen MR) is 116 cm³/mol. The highest BCUT2D eigenvalue weighted by Crippen LogP contribution is 2.34. The standard InChI is InChI=1S/C24H29NO5/c1-5-28-21-14-17(6-9-19(21)27-4)7-11-23(26)25-24(16(2)3)18-8-10-20-22(15-18)30-13-12-29-20/h6-11,14-16,24H,5,12-13H2,1-4H3,(H,25,26)/b11-7+. The molecular weight excluding hydrogens is 382 g/mol. The third-order valence-electron chi connectivity index (χ3n) is 4.80. The Morgan fingerprint density at radius 2 is 1.87 bits per heavy atom. The van der Waals surface area contributed by atoms with Gasteiger partial charge in [0, 0.05) is 6.08 Å². The summed E-state index contributed by atoms with van der Waals surface area (Å²) in [6.45, 7) is 7.68. The van der Waals surface area contributed by atoms with Gasteiger partial charge in [0.05, 0.1) is 19.8 Å². The zero-order chi connectivity index (χ0) is 21.5. The minimum absolute atomic E-state index is 0.146. The Morgan fingerprint density at radius 1 is 1.10 bits per heavy atom. The van der Waals surface area contributed by atoms with Crippen LogP contribution in [0, 0.1) is 5.92 Å². The first kappa shape index (κ1) is 21.6. The summed E-state index contributed by atoms with van der Waals surface area (Å²) in [7, 11) is 1.60. The average molecular weight is 411 g/mol. The lowest BCUT2D eigenvalue weighted by Crippen LogP contribution is -2.30. The zero-order valence-corrected chi connectivity index (χ0v) is 17.9. The van der Waals surface area contributed by atoms with E-state index in [1.165, 1.54) is 6.08 Å². The Bertz CT molecular complexity index is 906. The van der Waals surface area contributed by atoms with Crippen molar-refractivity contribution in [2.45, 2.75) is 26.8 Å². The summed E-state index contributed by atoms with van der Waals surface area (Å²) in [5.74, 6) is 2.81. The monoisotopic (exact) mass is 411 g/mol. The van der Waals surface area contributed by atoms with E-state index < -0.39 is 0 Å². The van der Waals surface area contributed by atoms with Gasteiger partial charge in [0.1, 0.15) is 13.2 Å². The molecule has 1 heterocycles. The van der Waals surface area contributed by atoms with Gasteiger partial charge < -0.3 is 24.3 Å². The van der Waals surface area contributed by atoms with Crippen molar-refractivity contribution in [3.05, 3.63) is 53.6 Å². The van der Waals surface area contributed by atoms with Gasteiger partial charge in [0.15, 0.2) is 23.0 Å². The summed E-state index contributed by atoms with van der Waals surface area (Å²) < 4.78 is 22.2. The van der Waals surface area contributed by atoms with Crippen LogP contribution in [0.1, 0.15) is 37.9 Å². The van der Waals surface area contributed by atoms with Crippen molar-refractivity contribution in [1.29, 1.82) is 0 Å². The van der Waals surface area contributed by atoms with Crippen molar-refractivity contribution in [2.24, 2.45) is 5.92 Å². The third-order valence-corrected chi connectivity index (χ3v) is 4.80. The number of hydrogen-bond donors (Lipinski definition) is 1. The van der Waals surface area contributed by atoms with E-state index in [0.717, 1.165) is 22.6 Å². The van der Waals surface area contributed by atoms with E-state index in [9.17, 15) is 4.79 Å². The number of fused-ring (bicyclic) bond motifs is 1. The van der Waals surface area contributed by atoms with E-state index in [2.05, 4.69) is 19.2 Å². The summed E-state index contributed by atoms with van der Waals surface area (Å²) in [6, 6.07) is 11.2. The molecule has 2 aromatic rings. The molecule has 6 heteroatoms. The lowest BCUT2D eigenvalue weighted by Gasteiger charge is -2.25. The maximum absolute atomic E-state index is 12.6. The van der Waals surface area contributed by atoms with Crippen LogP contribution in [-0.2, 0) is 4.79 Å². The molecule has 0 radical (unpaired) electrons. The molecule has 1 N–H and O–H groups in total. The second-order valence-electron chi connectivity index (χ2n) is 7.31. The molecule has 0 fully saturated rings. The maximum atomic E-state index is 12.6. The molecule has 1 atom stereocenters. The molecule has 3 rings (SSSR count). The predicted octanol–water partition coefficient (Wildman–Crippen LogP) is 4.39. The van der Waals surface area contributed by atoms with Crippen LogP contribution in [0.3, 0.4) is 0 Å². The van der Waals surface area contributed by atoms with Crippen molar-refractivity contribution in [2.75, 3.05) is 26.9 Å². The van der Waals surface area contributed by atoms with Crippen LogP contribution < -0.4 is 24.3 Å². The topological polar surface area (TPSA) is 66.0 Å². The van der Waals surface area contributed by atoms with Gasteiger partial charge in [-0.1, -0.05) is 26.0 Å². The quantitative estimate of drug-likeness (QED) is 0.653. The highest BCUT2D eigenvalue weighted by atomic mass is 16.6. The van der Waals surface area contributed by atoms with Crippen LogP contribution >= 0.6 is 0 Å². The number of benzene rings is 2. The first-order valence-corrected chi connectivity index (χ1v) is 10.2. The molecule has 0 aliphatic carbocycles. The van der Waals surface area contributed by atoms with E-state index in [1.54, 1.807) is 13.2 Å². The van der Waals surface area contributed by atoms with Crippen molar-refractivity contribution in [3.8, 4) is 23.0 Å². The lowest BCUT2D eigenvalue weighted by atomic mass is 9.95. The number of methoxy groups -OCH3 is 1. The van der Waals surface area contributed by atoms with Gasteiger partial charge in [-0.15, -0.1) is 0 Å². The van der Waals surface area contributed by atoms with E-state index in [1.807, 2.05) is 43.3 Å². The van der Waals surface area contributed by atoms with Crippen molar-refractivity contribution in [1.82, 2.24) is 5.32 Å². The van der Waals surface area contributed by atoms with E-state index in [0.29, 0.717) is 31.3 Å². The van der Waals surface area contributed by atoms with Gasteiger partial charge in [-0.05, 0) is 54.3 Å². The molecule has 1 aliphatic heterocycles. The summed E-state index contributed by atoms with van der Waals surface area (Å²) >= 11 is 0. The van der Waals surface area contributed by atoms with E-state index in [-0.39, 0.29) is 17.9 Å². The normalized spacial score (nSPS) is 13.9. The molecule has 6 nitrogen and oxygen atoms in total. The smallest absolute Gasteiger partial charge is 0.244 e. The van der Waals surface area contributed by atoms with Gasteiger partial charge in [0.2, 0.25) is 5.91 Å². The minimum Gasteiger partial charge on any atom is -0.493 e. The number of carbonyl (C=O) groups excluding carboxylic acids is 1. The van der Waals surface area contributed by atoms with Crippen LogP contribution in [0.4, 0.5) is 0 Å². The molecule has 30 heavy (non-hydrogen) atoms. The van der Waals surface area contributed by atoms with Crippen LogP contribution in [0.25, 0.3) is 6.08 Å². The molecule has 0 saturated heterocycles. The molecule has 160 valence electrons. The largest absolute Gasteiger partial charge is 0.493 e. The van der Waals surface area contributed by atoms with E-state index >= 15 is 0 Å². The fourth-order valence-electron chi connectivity index (χ4n) is 3.33. The molecular formula is C24H29NO5. The van der Waals surface area contributed by atoms with E-state index in [4.69, 9.17) is 18.9 Å². The van der Waals surface area contributed by atoms with Crippen LogP contribution in [-0.4, -0.2) is 32.8 Å². The first-order chi connectivity index (χ1) is 14.5. The zero-order valence-electron chi connectivity index (χ0n) is 17.9. The lowest BCUT2D eigenvalue weighted by molar-refractivity contribution is -0.117. The SMILES string of the molecule is CCOc1cc(/C=C/C(=O)NC(c2ccc3c(c2)OCCO3)C(C)C)ccc1OC. The second kappa shape index (κ2) is 10.1. The van der Waals surface area contributed by atoms with Crippen LogP contribution in [0.15, 0.2) is 42.5 Å². The molecule has 1 amide bonds. The number of ether oxygens (including phenoxy) is 4. The molecule has 1 unspecified atom stereocenters. The summed E-state index contributed by atoms with van der Waals surface area (Å²) in [5.41, 5.74) is 1.84. The summed E-state index contributed by atoms with van der Waals surface area (Å²) in [4.78, 5) is 12.6. The maximum Gasteiger partial charge on any atom is 0.244 e. The highest BCUT2D eigenvalue weighted by molar-refractivity contribution is 5.92. The number of carbonyl (C=O) groups is 1. The van der Waals surface area contributed by atoms with Crippen molar-refractivity contribution < 1.29 is 23.7 Å². The number of amides is 1. The van der Waals surface area contributed by atoms with Gasteiger partial charge in [-0.2, -0.15) is 0 Å². The number of nitrogens with one attached hydrogen (secondary N) is 1. The molecule has 0 spiro atoms. The Morgan fingerprint density at radius 3 is 2.57 bits per heavy atom. The Kier molecular flexibility index (Phi) is 7.22. The third kappa shape index (κ3) is 5.26. The fourth-order valence-corrected chi connectivity index (χ4v) is 3.33. The molecule has 0 aromatic heterocycles. The molecule has 1 aliphatic rings. The molecule has 0 bridgehead atoms. The van der Waals surface area contributed by atoms with Crippen LogP contribution in [0.2, 0.25) is 0 Å². The fraction of sp³-hybridized carbons (Fsp3) is 0.375. The minimum atomic E-state index is -0.169. The average Bonchev–Trinajstić information content (AvgIpc) is 2.76. The number of hydrogen-bond acceptors (Lipinski definition) is 5. The Labute approximate surface area is 177 Å². The van der Waals surface area contributed by atoms with Gasteiger partial charge in [-0.3, -0.25) is 4.79 Å². The second-order valence-corrected chi connectivity index (χ2v) is 7.31. The highest BCUT2D eigenvalue weighted by Gasteiger charge is 2.20. The van der Waals surface area contributed by atoms with Crippen molar-refractivity contribution >= 4 is 12.0 Å². The first-order valence-electron chi connectivity index (χ1n) is 10.2. The van der Waals surface area contributed by atoms with Gasteiger partial charge >= 0.3 is 0 Å². The number of rotatable bonds is 8. The van der Waals surface area contributed by atoms with Crippen molar-refractivity contribution in [3.63, 3.8) is 0 Å². The summed E-state index contributed by atoms with van der Waals surface area (Å²) in [5, 5.41) is 3.09. The van der Waals surface area contributed by atoms with Gasteiger partial charge in [0.25, 0.3) is 0 Å². The Balaban J connectivity index is 1.72. The summed E-state index contributed by atoms with van der Waals surface area (Å²) in [6.07, 6.45) is 3.30.